The maximum absolute atomic E-state index is 12.9. The number of halogens is 1. The number of hydrogen-bond donors (Lipinski definition) is 1. The molecule has 1 aromatic carbocycles. The number of amides is 1. The number of aromatic amines is 1. The molecule has 152 valence electrons. The second-order valence-corrected chi connectivity index (χ2v) is 9.14. The first kappa shape index (κ1) is 20.3. The van der Waals surface area contributed by atoms with Gasteiger partial charge < -0.3 is 9.47 Å². The number of nitrogens with one attached hydrogen (secondary N) is 1. The van der Waals surface area contributed by atoms with Gasteiger partial charge >= 0.3 is 0 Å². The predicted molar refractivity (Wildman–Crippen MR) is 118 cm³/mol. The average Bonchev–Trinajstić information content (AvgIpc) is 3.35. The number of thiazole rings is 1. The molecule has 1 fully saturated rings. The SMILES string of the molecule is CC(C)n1c(C2CCN(C(=O)c3csc(-c4ccc(Cl)cc4)n3)CC2)n[nH]c1=S. The lowest BCUT2D eigenvalue weighted by molar-refractivity contribution is 0.0705. The molecule has 6 nitrogen and oxygen atoms in total. The summed E-state index contributed by atoms with van der Waals surface area (Å²) >= 11 is 12.8. The highest BCUT2D eigenvalue weighted by atomic mass is 35.5. The Hall–Kier alpha value is -2.03. The molecule has 1 amide bonds. The number of aromatic nitrogens is 4. The highest BCUT2D eigenvalue weighted by molar-refractivity contribution is 7.71. The van der Waals surface area contributed by atoms with Gasteiger partial charge in [0.25, 0.3) is 5.91 Å². The molecule has 3 heterocycles. The van der Waals surface area contributed by atoms with Crippen LogP contribution in [-0.4, -0.2) is 43.6 Å². The number of benzene rings is 1. The maximum Gasteiger partial charge on any atom is 0.273 e. The Balaban J connectivity index is 1.43. The third kappa shape index (κ3) is 4.15. The Kier molecular flexibility index (Phi) is 5.85. The molecular formula is C20H22ClN5OS2. The Morgan fingerprint density at radius 3 is 2.62 bits per heavy atom. The fraction of sp³-hybridized carbons (Fsp3) is 0.400. The maximum atomic E-state index is 12.9. The standard InChI is InChI=1S/C20H22ClN5OS2/c1-12(2)26-17(23-24-20(26)28)13-7-9-25(10-8-13)19(27)16-11-29-18(22-16)14-3-5-15(21)6-4-14/h3-6,11-13H,7-10H2,1-2H3,(H,24,28). The van der Waals surface area contributed by atoms with Crippen molar-refractivity contribution in [3.8, 4) is 10.6 Å². The van der Waals surface area contributed by atoms with Crippen LogP contribution in [0.2, 0.25) is 5.02 Å². The molecular weight excluding hydrogens is 426 g/mol. The summed E-state index contributed by atoms with van der Waals surface area (Å²) < 4.78 is 2.74. The summed E-state index contributed by atoms with van der Waals surface area (Å²) in [6.07, 6.45) is 1.73. The van der Waals surface area contributed by atoms with Crippen LogP contribution >= 0.6 is 35.2 Å². The topological polar surface area (TPSA) is 66.8 Å². The molecule has 0 spiro atoms. The largest absolute Gasteiger partial charge is 0.337 e. The summed E-state index contributed by atoms with van der Waals surface area (Å²) in [5.41, 5.74) is 1.47. The minimum atomic E-state index is -0.0114. The monoisotopic (exact) mass is 447 g/mol. The molecule has 2 aromatic heterocycles. The van der Waals surface area contributed by atoms with Crippen LogP contribution < -0.4 is 0 Å². The van der Waals surface area contributed by atoms with Crippen molar-refractivity contribution in [1.82, 2.24) is 24.6 Å². The molecule has 9 heteroatoms. The van der Waals surface area contributed by atoms with E-state index >= 15 is 0 Å². The van der Waals surface area contributed by atoms with Gasteiger partial charge in [-0.15, -0.1) is 11.3 Å². The summed E-state index contributed by atoms with van der Waals surface area (Å²) in [4.78, 5) is 19.4. The van der Waals surface area contributed by atoms with Crippen LogP contribution in [0.15, 0.2) is 29.6 Å². The first-order chi connectivity index (χ1) is 13.9. The van der Waals surface area contributed by atoms with Gasteiger partial charge in [-0.3, -0.25) is 9.89 Å². The van der Waals surface area contributed by atoms with Crippen LogP contribution in [0.1, 0.15) is 55.0 Å². The molecule has 29 heavy (non-hydrogen) atoms. The lowest BCUT2D eigenvalue weighted by Gasteiger charge is -2.31. The summed E-state index contributed by atoms with van der Waals surface area (Å²) in [7, 11) is 0. The zero-order chi connectivity index (χ0) is 20.5. The first-order valence-electron chi connectivity index (χ1n) is 9.61. The van der Waals surface area contributed by atoms with Crippen LogP contribution in [0.3, 0.4) is 0 Å². The minimum absolute atomic E-state index is 0.0114. The average molecular weight is 448 g/mol. The number of carbonyl (C=O) groups is 1. The van der Waals surface area contributed by atoms with Gasteiger partial charge in [-0.1, -0.05) is 23.7 Å². The number of nitrogens with zero attached hydrogens (tertiary/aromatic N) is 4. The summed E-state index contributed by atoms with van der Waals surface area (Å²) in [5, 5.41) is 10.7. The highest BCUT2D eigenvalue weighted by Gasteiger charge is 2.29. The lowest BCUT2D eigenvalue weighted by Crippen LogP contribution is -2.38. The Morgan fingerprint density at radius 1 is 1.28 bits per heavy atom. The van der Waals surface area contributed by atoms with Crippen molar-refractivity contribution in [1.29, 1.82) is 0 Å². The Bertz CT molecular complexity index is 1060. The second-order valence-electron chi connectivity index (χ2n) is 7.46. The van der Waals surface area contributed by atoms with Crippen LogP contribution in [0.25, 0.3) is 10.6 Å². The Labute approximate surface area is 183 Å². The minimum Gasteiger partial charge on any atom is -0.337 e. The molecule has 0 unspecified atom stereocenters. The zero-order valence-electron chi connectivity index (χ0n) is 16.3. The van der Waals surface area contributed by atoms with Gasteiger partial charge in [-0.05, 0) is 51.0 Å². The number of carbonyl (C=O) groups excluding carboxylic acids is 1. The number of likely N-dealkylation sites (tertiary alicyclic amines) is 1. The zero-order valence-corrected chi connectivity index (χ0v) is 18.7. The molecule has 4 rings (SSSR count). The fourth-order valence-corrected chi connectivity index (χ4v) is 4.98. The summed E-state index contributed by atoms with van der Waals surface area (Å²) in [6.45, 7) is 5.59. The normalized spacial score (nSPS) is 15.2. The molecule has 0 bridgehead atoms. The van der Waals surface area contributed by atoms with Gasteiger partial charge in [0.15, 0.2) is 4.77 Å². The van der Waals surface area contributed by atoms with Crippen LogP contribution in [0.4, 0.5) is 0 Å². The van der Waals surface area contributed by atoms with Gasteiger partial charge in [0.05, 0.1) is 0 Å². The third-order valence-electron chi connectivity index (χ3n) is 5.21. The molecule has 0 aliphatic carbocycles. The van der Waals surface area contributed by atoms with Gasteiger partial charge in [0.1, 0.15) is 16.5 Å². The molecule has 1 N–H and O–H groups in total. The molecule has 1 aliphatic heterocycles. The van der Waals surface area contributed by atoms with Crippen molar-refractivity contribution in [2.75, 3.05) is 13.1 Å². The molecule has 1 saturated heterocycles. The molecule has 3 aromatic rings. The first-order valence-corrected chi connectivity index (χ1v) is 11.3. The van der Waals surface area contributed by atoms with E-state index in [4.69, 9.17) is 23.8 Å². The van der Waals surface area contributed by atoms with Crippen LogP contribution in [-0.2, 0) is 0 Å². The van der Waals surface area contributed by atoms with Gasteiger partial charge in [0.2, 0.25) is 0 Å². The molecule has 0 atom stereocenters. The van der Waals surface area contributed by atoms with Gasteiger partial charge in [-0.25, -0.2) is 4.98 Å². The van der Waals surface area contributed by atoms with Crippen molar-refractivity contribution in [3.05, 3.63) is 51.0 Å². The van der Waals surface area contributed by atoms with Crippen LogP contribution in [0.5, 0.6) is 0 Å². The van der Waals surface area contributed by atoms with E-state index in [0.717, 1.165) is 29.2 Å². The summed E-state index contributed by atoms with van der Waals surface area (Å²) in [5.74, 6) is 1.29. The van der Waals surface area contributed by atoms with Crippen molar-refractivity contribution in [3.63, 3.8) is 0 Å². The van der Waals surface area contributed by atoms with E-state index in [0.29, 0.717) is 34.5 Å². The smallest absolute Gasteiger partial charge is 0.273 e. The van der Waals surface area contributed by atoms with E-state index in [1.165, 1.54) is 11.3 Å². The lowest BCUT2D eigenvalue weighted by atomic mass is 9.95. The molecule has 1 aliphatic rings. The molecule has 0 saturated carbocycles. The van der Waals surface area contributed by atoms with E-state index in [9.17, 15) is 4.79 Å². The van der Waals surface area contributed by atoms with Crippen molar-refractivity contribution >= 4 is 41.1 Å². The highest BCUT2D eigenvalue weighted by Crippen LogP contribution is 2.30. The number of H-pyrrole nitrogens is 1. The van der Waals surface area contributed by atoms with E-state index in [-0.39, 0.29) is 11.9 Å². The molecule has 0 radical (unpaired) electrons. The van der Waals surface area contributed by atoms with E-state index in [1.807, 2.05) is 34.5 Å². The van der Waals surface area contributed by atoms with Crippen molar-refractivity contribution in [2.45, 2.75) is 38.6 Å². The fourth-order valence-electron chi connectivity index (χ4n) is 3.70. The van der Waals surface area contributed by atoms with Gasteiger partial charge in [0, 0.05) is 41.0 Å². The van der Waals surface area contributed by atoms with Crippen molar-refractivity contribution in [2.24, 2.45) is 0 Å². The van der Waals surface area contributed by atoms with E-state index in [1.54, 1.807) is 0 Å². The number of piperidine rings is 1. The van der Waals surface area contributed by atoms with E-state index in [2.05, 4.69) is 33.6 Å². The number of rotatable bonds is 4. The van der Waals surface area contributed by atoms with E-state index < -0.39 is 0 Å². The third-order valence-corrected chi connectivity index (χ3v) is 6.64. The quantitative estimate of drug-likeness (QED) is 0.549. The van der Waals surface area contributed by atoms with Crippen molar-refractivity contribution < 1.29 is 4.79 Å². The van der Waals surface area contributed by atoms with Gasteiger partial charge in [-0.2, -0.15) is 5.10 Å². The van der Waals surface area contributed by atoms with Crippen LogP contribution in [0, 0.1) is 4.77 Å². The number of hydrogen-bond acceptors (Lipinski definition) is 5. The predicted octanol–water partition coefficient (Wildman–Crippen LogP) is 5.32. The second kappa shape index (κ2) is 8.38. The Morgan fingerprint density at radius 2 is 1.97 bits per heavy atom. The summed E-state index contributed by atoms with van der Waals surface area (Å²) in [6, 6.07) is 7.76.